The standard InChI is InChI=1S/C15H14BrN3O3/c1-9-4-5-12(11(16)7-9)19-13(20)8-22-15(21)10-3-2-6-18-14(10)17/h2-7H,8H2,1H3,(H2,17,18)(H,19,20). The summed E-state index contributed by atoms with van der Waals surface area (Å²) in [7, 11) is 0. The fourth-order valence-corrected chi connectivity index (χ4v) is 2.30. The van der Waals surface area contributed by atoms with Crippen LogP contribution in [0.5, 0.6) is 0 Å². The van der Waals surface area contributed by atoms with Gasteiger partial charge in [0.2, 0.25) is 0 Å². The summed E-state index contributed by atoms with van der Waals surface area (Å²) in [6.45, 7) is 1.53. The van der Waals surface area contributed by atoms with Crippen LogP contribution in [0, 0.1) is 6.92 Å². The molecule has 0 spiro atoms. The number of hydrogen-bond acceptors (Lipinski definition) is 5. The number of halogens is 1. The second kappa shape index (κ2) is 7.04. The number of pyridine rings is 1. The van der Waals surface area contributed by atoms with Gasteiger partial charge in [-0.05, 0) is 52.7 Å². The number of nitrogens with one attached hydrogen (secondary N) is 1. The first-order chi connectivity index (χ1) is 10.5. The summed E-state index contributed by atoms with van der Waals surface area (Å²) in [6.07, 6.45) is 1.47. The summed E-state index contributed by atoms with van der Waals surface area (Å²) in [5, 5.41) is 2.65. The maximum atomic E-state index is 11.8. The molecular formula is C15H14BrN3O3. The number of rotatable bonds is 4. The minimum absolute atomic E-state index is 0.0641. The van der Waals surface area contributed by atoms with Crippen LogP contribution >= 0.6 is 15.9 Å². The lowest BCUT2D eigenvalue weighted by Gasteiger charge is -2.09. The van der Waals surface area contributed by atoms with E-state index in [4.69, 9.17) is 10.5 Å². The molecule has 2 rings (SSSR count). The van der Waals surface area contributed by atoms with Crippen LogP contribution in [0.2, 0.25) is 0 Å². The van der Waals surface area contributed by atoms with Crippen molar-refractivity contribution in [1.82, 2.24) is 4.98 Å². The molecule has 0 radical (unpaired) electrons. The van der Waals surface area contributed by atoms with E-state index in [0.717, 1.165) is 10.0 Å². The number of nitrogens with zero attached hydrogens (tertiary/aromatic N) is 1. The smallest absolute Gasteiger partial charge is 0.342 e. The molecule has 0 saturated heterocycles. The van der Waals surface area contributed by atoms with Crippen molar-refractivity contribution < 1.29 is 14.3 Å². The van der Waals surface area contributed by atoms with Crippen molar-refractivity contribution in [3.63, 3.8) is 0 Å². The molecule has 1 amide bonds. The maximum absolute atomic E-state index is 11.8. The number of nitrogen functional groups attached to an aromatic ring is 1. The number of nitrogens with two attached hydrogens (primary N) is 1. The van der Waals surface area contributed by atoms with E-state index in [1.807, 2.05) is 19.1 Å². The van der Waals surface area contributed by atoms with Gasteiger partial charge in [0, 0.05) is 10.7 Å². The van der Waals surface area contributed by atoms with Crippen molar-refractivity contribution in [2.24, 2.45) is 0 Å². The van der Waals surface area contributed by atoms with Gasteiger partial charge in [-0.1, -0.05) is 6.07 Å². The number of hydrogen-bond donors (Lipinski definition) is 2. The van der Waals surface area contributed by atoms with E-state index in [1.165, 1.54) is 12.3 Å². The zero-order chi connectivity index (χ0) is 16.1. The van der Waals surface area contributed by atoms with Crippen LogP contribution in [0.1, 0.15) is 15.9 Å². The van der Waals surface area contributed by atoms with Gasteiger partial charge >= 0.3 is 5.97 Å². The van der Waals surface area contributed by atoms with Crippen molar-refractivity contribution in [2.75, 3.05) is 17.7 Å². The monoisotopic (exact) mass is 363 g/mol. The maximum Gasteiger partial charge on any atom is 0.342 e. The molecule has 1 aromatic carbocycles. The van der Waals surface area contributed by atoms with Crippen LogP contribution in [0.3, 0.4) is 0 Å². The number of amides is 1. The molecule has 1 aromatic heterocycles. The van der Waals surface area contributed by atoms with Crippen LogP contribution in [0.25, 0.3) is 0 Å². The highest BCUT2D eigenvalue weighted by molar-refractivity contribution is 9.10. The molecule has 0 bridgehead atoms. The number of carbonyl (C=O) groups excluding carboxylic acids is 2. The van der Waals surface area contributed by atoms with Gasteiger partial charge in [0.1, 0.15) is 11.4 Å². The molecule has 22 heavy (non-hydrogen) atoms. The summed E-state index contributed by atoms with van der Waals surface area (Å²) < 4.78 is 5.67. The van der Waals surface area contributed by atoms with E-state index in [0.29, 0.717) is 5.69 Å². The third kappa shape index (κ3) is 4.05. The van der Waals surface area contributed by atoms with Gasteiger partial charge in [-0.25, -0.2) is 9.78 Å². The van der Waals surface area contributed by atoms with Gasteiger partial charge in [0.25, 0.3) is 5.91 Å². The predicted octanol–water partition coefficient (Wildman–Crippen LogP) is 2.53. The Kier molecular flexibility index (Phi) is 5.11. The van der Waals surface area contributed by atoms with Crippen molar-refractivity contribution in [2.45, 2.75) is 6.92 Å². The summed E-state index contributed by atoms with van der Waals surface area (Å²) in [6, 6.07) is 8.55. The van der Waals surface area contributed by atoms with Crippen LogP contribution in [-0.4, -0.2) is 23.5 Å². The van der Waals surface area contributed by atoms with Crippen LogP contribution in [-0.2, 0) is 9.53 Å². The first-order valence-electron chi connectivity index (χ1n) is 6.41. The van der Waals surface area contributed by atoms with Crippen molar-refractivity contribution in [1.29, 1.82) is 0 Å². The highest BCUT2D eigenvalue weighted by Gasteiger charge is 2.14. The largest absolute Gasteiger partial charge is 0.452 e. The van der Waals surface area contributed by atoms with E-state index in [1.54, 1.807) is 12.1 Å². The van der Waals surface area contributed by atoms with Crippen LogP contribution in [0.4, 0.5) is 11.5 Å². The zero-order valence-corrected chi connectivity index (χ0v) is 13.4. The Morgan fingerprint density at radius 3 is 2.82 bits per heavy atom. The van der Waals surface area contributed by atoms with E-state index in [-0.39, 0.29) is 11.4 Å². The van der Waals surface area contributed by atoms with Crippen LogP contribution < -0.4 is 11.1 Å². The quantitative estimate of drug-likeness (QED) is 0.813. The molecule has 0 aliphatic heterocycles. The van der Waals surface area contributed by atoms with E-state index in [9.17, 15) is 9.59 Å². The minimum Gasteiger partial charge on any atom is -0.452 e. The normalized spacial score (nSPS) is 10.1. The summed E-state index contributed by atoms with van der Waals surface area (Å²) in [5.41, 5.74) is 7.36. The minimum atomic E-state index is -0.691. The Bertz CT molecular complexity index is 719. The Balaban J connectivity index is 1.93. The average molecular weight is 364 g/mol. The van der Waals surface area contributed by atoms with Gasteiger partial charge in [0.15, 0.2) is 6.61 Å². The highest BCUT2D eigenvalue weighted by Crippen LogP contribution is 2.23. The van der Waals surface area contributed by atoms with Crippen molar-refractivity contribution >= 4 is 39.3 Å². The van der Waals surface area contributed by atoms with Gasteiger partial charge in [0.05, 0.1) is 5.69 Å². The van der Waals surface area contributed by atoms with Gasteiger partial charge < -0.3 is 15.8 Å². The van der Waals surface area contributed by atoms with Crippen LogP contribution in [0.15, 0.2) is 41.0 Å². The third-order valence-electron chi connectivity index (χ3n) is 2.79. The molecule has 0 saturated carbocycles. The average Bonchev–Trinajstić information content (AvgIpc) is 2.48. The molecule has 0 fully saturated rings. The number of aryl methyl sites for hydroxylation is 1. The number of carbonyl (C=O) groups is 2. The van der Waals surface area contributed by atoms with E-state index < -0.39 is 18.5 Å². The lowest BCUT2D eigenvalue weighted by atomic mass is 10.2. The Labute approximate surface area is 135 Å². The highest BCUT2D eigenvalue weighted by atomic mass is 79.9. The number of ether oxygens (including phenoxy) is 1. The number of benzene rings is 1. The van der Waals surface area contributed by atoms with Gasteiger partial charge in [-0.15, -0.1) is 0 Å². The lowest BCUT2D eigenvalue weighted by molar-refractivity contribution is -0.119. The lowest BCUT2D eigenvalue weighted by Crippen LogP contribution is -2.21. The molecule has 114 valence electrons. The Morgan fingerprint density at radius 1 is 1.36 bits per heavy atom. The van der Waals surface area contributed by atoms with Crippen molar-refractivity contribution in [3.05, 3.63) is 52.1 Å². The molecule has 7 heteroatoms. The molecule has 0 aliphatic rings. The van der Waals surface area contributed by atoms with E-state index >= 15 is 0 Å². The topological polar surface area (TPSA) is 94.3 Å². The zero-order valence-electron chi connectivity index (χ0n) is 11.8. The molecule has 0 aliphatic carbocycles. The Hall–Kier alpha value is -2.41. The molecule has 1 heterocycles. The second-order valence-electron chi connectivity index (χ2n) is 4.54. The molecule has 0 atom stereocenters. The first-order valence-corrected chi connectivity index (χ1v) is 7.20. The number of anilines is 2. The van der Waals surface area contributed by atoms with Gasteiger partial charge in [-0.2, -0.15) is 0 Å². The summed E-state index contributed by atoms with van der Waals surface area (Å²) >= 11 is 3.35. The third-order valence-corrected chi connectivity index (χ3v) is 3.45. The molecule has 3 N–H and O–H groups in total. The number of esters is 1. The predicted molar refractivity (Wildman–Crippen MR) is 86.4 cm³/mol. The first kappa shape index (κ1) is 16.0. The Morgan fingerprint density at radius 2 is 2.14 bits per heavy atom. The van der Waals surface area contributed by atoms with E-state index in [2.05, 4.69) is 26.2 Å². The van der Waals surface area contributed by atoms with Gasteiger partial charge in [-0.3, -0.25) is 4.79 Å². The summed E-state index contributed by atoms with van der Waals surface area (Å²) in [4.78, 5) is 27.4. The SMILES string of the molecule is Cc1ccc(NC(=O)COC(=O)c2cccnc2N)c(Br)c1. The number of aromatic nitrogens is 1. The summed E-state index contributed by atoms with van der Waals surface area (Å²) in [5.74, 6) is -1.07. The molecule has 2 aromatic rings. The fraction of sp³-hybridized carbons (Fsp3) is 0.133. The fourth-order valence-electron chi connectivity index (χ4n) is 1.71. The molecule has 6 nitrogen and oxygen atoms in total. The van der Waals surface area contributed by atoms with Crippen molar-refractivity contribution in [3.8, 4) is 0 Å². The molecular weight excluding hydrogens is 350 g/mol. The second-order valence-corrected chi connectivity index (χ2v) is 5.40. The molecule has 0 unspecified atom stereocenters.